The SMILES string of the molecule is CC(c1ccco1)N(C(=O)COc1ccc(OCc2ccccc2)cc1)C1CC1. The normalized spacial score (nSPS) is 14.2. The van der Waals surface area contributed by atoms with E-state index in [2.05, 4.69) is 0 Å². The molecule has 1 aliphatic carbocycles. The number of amides is 1. The molecular weight excluding hydrogens is 366 g/mol. The fourth-order valence-electron chi connectivity index (χ4n) is 3.35. The average molecular weight is 391 g/mol. The summed E-state index contributed by atoms with van der Waals surface area (Å²) in [6.07, 6.45) is 3.70. The Morgan fingerprint density at radius 3 is 2.31 bits per heavy atom. The van der Waals surface area contributed by atoms with E-state index in [-0.39, 0.29) is 24.6 Å². The predicted molar refractivity (Wildman–Crippen MR) is 110 cm³/mol. The Morgan fingerprint density at radius 1 is 1.00 bits per heavy atom. The van der Waals surface area contributed by atoms with Gasteiger partial charge in [0.2, 0.25) is 0 Å². The standard InChI is InChI=1S/C24H25NO4/c1-18(23-8-5-15-27-23)25(20-9-10-20)24(26)17-29-22-13-11-21(12-14-22)28-16-19-6-3-2-4-7-19/h2-8,11-15,18,20H,9-10,16-17H2,1H3. The number of hydrogen-bond acceptors (Lipinski definition) is 4. The van der Waals surface area contributed by atoms with Crippen molar-refractivity contribution >= 4 is 5.91 Å². The van der Waals surface area contributed by atoms with E-state index < -0.39 is 0 Å². The molecule has 29 heavy (non-hydrogen) atoms. The lowest BCUT2D eigenvalue weighted by Crippen LogP contribution is -2.38. The van der Waals surface area contributed by atoms with Gasteiger partial charge in [-0.25, -0.2) is 0 Å². The molecule has 0 N–H and O–H groups in total. The van der Waals surface area contributed by atoms with E-state index in [0.717, 1.165) is 29.9 Å². The maximum atomic E-state index is 12.8. The van der Waals surface area contributed by atoms with Gasteiger partial charge in [0.05, 0.1) is 12.3 Å². The molecule has 1 amide bonds. The van der Waals surface area contributed by atoms with Gasteiger partial charge in [0.15, 0.2) is 6.61 Å². The van der Waals surface area contributed by atoms with Gasteiger partial charge in [-0.15, -0.1) is 0 Å². The Morgan fingerprint density at radius 2 is 1.69 bits per heavy atom. The molecule has 1 fully saturated rings. The Balaban J connectivity index is 1.30. The topological polar surface area (TPSA) is 51.9 Å². The summed E-state index contributed by atoms with van der Waals surface area (Å²) in [5, 5.41) is 0. The minimum absolute atomic E-state index is 0.00572. The van der Waals surface area contributed by atoms with E-state index in [9.17, 15) is 4.79 Å². The molecule has 1 aromatic heterocycles. The minimum Gasteiger partial charge on any atom is -0.489 e. The van der Waals surface area contributed by atoms with E-state index in [4.69, 9.17) is 13.9 Å². The molecule has 1 unspecified atom stereocenters. The van der Waals surface area contributed by atoms with Crippen LogP contribution in [0.15, 0.2) is 77.4 Å². The smallest absolute Gasteiger partial charge is 0.261 e. The van der Waals surface area contributed by atoms with Crippen LogP contribution in [0.5, 0.6) is 11.5 Å². The molecule has 0 bridgehead atoms. The number of nitrogens with zero attached hydrogens (tertiary/aromatic N) is 1. The summed E-state index contributed by atoms with van der Waals surface area (Å²) < 4.78 is 17.0. The van der Waals surface area contributed by atoms with E-state index in [0.29, 0.717) is 12.4 Å². The number of ether oxygens (including phenoxy) is 2. The Kier molecular flexibility index (Phi) is 5.84. The minimum atomic E-state index is -0.0950. The monoisotopic (exact) mass is 391 g/mol. The van der Waals surface area contributed by atoms with E-state index >= 15 is 0 Å². The summed E-state index contributed by atoms with van der Waals surface area (Å²) in [5.74, 6) is 2.18. The third-order valence-electron chi connectivity index (χ3n) is 5.03. The van der Waals surface area contributed by atoms with E-state index in [1.165, 1.54) is 0 Å². The van der Waals surface area contributed by atoms with Crippen LogP contribution in [-0.4, -0.2) is 23.5 Å². The van der Waals surface area contributed by atoms with Gasteiger partial charge >= 0.3 is 0 Å². The summed E-state index contributed by atoms with van der Waals surface area (Å²) >= 11 is 0. The highest BCUT2D eigenvalue weighted by Crippen LogP contribution is 2.34. The van der Waals surface area contributed by atoms with Crippen molar-refractivity contribution in [2.75, 3.05) is 6.61 Å². The predicted octanol–water partition coefficient (Wildman–Crippen LogP) is 4.99. The zero-order chi connectivity index (χ0) is 20.1. The maximum Gasteiger partial charge on any atom is 0.261 e. The van der Waals surface area contributed by atoms with Crippen molar-refractivity contribution in [3.8, 4) is 11.5 Å². The largest absolute Gasteiger partial charge is 0.489 e. The summed E-state index contributed by atoms with van der Waals surface area (Å²) in [6.45, 7) is 2.51. The molecule has 2 aromatic carbocycles. The van der Waals surface area contributed by atoms with Gasteiger partial charge in [-0.1, -0.05) is 30.3 Å². The number of rotatable bonds is 9. The third-order valence-corrected chi connectivity index (χ3v) is 5.03. The Bertz CT molecular complexity index is 902. The second-order valence-electron chi connectivity index (χ2n) is 7.26. The molecule has 0 saturated heterocycles. The molecule has 4 rings (SSSR count). The molecule has 3 aromatic rings. The van der Waals surface area contributed by atoms with Crippen LogP contribution in [0.1, 0.15) is 37.1 Å². The van der Waals surface area contributed by atoms with Crippen LogP contribution in [0, 0.1) is 0 Å². The lowest BCUT2D eigenvalue weighted by Gasteiger charge is -2.28. The molecular formula is C24H25NO4. The summed E-state index contributed by atoms with van der Waals surface area (Å²) in [7, 11) is 0. The van der Waals surface area contributed by atoms with Crippen LogP contribution in [0.2, 0.25) is 0 Å². The molecule has 1 heterocycles. The van der Waals surface area contributed by atoms with Crippen LogP contribution in [0.25, 0.3) is 0 Å². The number of carbonyl (C=O) groups excluding carboxylic acids is 1. The van der Waals surface area contributed by atoms with Crippen LogP contribution in [-0.2, 0) is 11.4 Å². The first kappa shape index (κ1) is 19.1. The van der Waals surface area contributed by atoms with Crippen molar-refractivity contribution in [3.63, 3.8) is 0 Å². The first-order valence-corrected chi connectivity index (χ1v) is 9.95. The van der Waals surface area contributed by atoms with Gasteiger partial charge < -0.3 is 18.8 Å². The lowest BCUT2D eigenvalue weighted by atomic mass is 10.2. The average Bonchev–Trinajstić information content (AvgIpc) is 3.43. The van der Waals surface area contributed by atoms with Crippen molar-refractivity contribution in [2.45, 2.75) is 38.5 Å². The molecule has 5 nitrogen and oxygen atoms in total. The highest BCUT2D eigenvalue weighted by Gasteiger charge is 2.37. The molecule has 1 saturated carbocycles. The fraction of sp³-hybridized carbons (Fsp3) is 0.292. The fourth-order valence-corrected chi connectivity index (χ4v) is 3.35. The van der Waals surface area contributed by atoms with Crippen LogP contribution < -0.4 is 9.47 Å². The maximum absolute atomic E-state index is 12.8. The van der Waals surface area contributed by atoms with Gasteiger partial charge in [-0.2, -0.15) is 0 Å². The van der Waals surface area contributed by atoms with Crippen molar-refractivity contribution in [1.29, 1.82) is 0 Å². The Labute approximate surface area is 170 Å². The van der Waals surface area contributed by atoms with Crippen molar-refractivity contribution in [2.24, 2.45) is 0 Å². The van der Waals surface area contributed by atoms with Crippen molar-refractivity contribution in [1.82, 2.24) is 4.90 Å². The van der Waals surface area contributed by atoms with Gasteiger partial charge in [0, 0.05) is 6.04 Å². The quantitative estimate of drug-likeness (QED) is 0.516. The second kappa shape index (κ2) is 8.86. The number of carbonyl (C=O) groups is 1. The number of benzene rings is 2. The lowest BCUT2D eigenvalue weighted by molar-refractivity contribution is -0.136. The molecule has 0 radical (unpaired) electrons. The Hall–Kier alpha value is -3.21. The van der Waals surface area contributed by atoms with Gasteiger partial charge in [0.25, 0.3) is 5.91 Å². The van der Waals surface area contributed by atoms with Crippen molar-refractivity contribution in [3.05, 3.63) is 84.3 Å². The first-order valence-electron chi connectivity index (χ1n) is 9.95. The highest BCUT2D eigenvalue weighted by molar-refractivity contribution is 5.79. The zero-order valence-electron chi connectivity index (χ0n) is 16.5. The van der Waals surface area contributed by atoms with Gasteiger partial charge in [-0.3, -0.25) is 4.79 Å². The zero-order valence-corrected chi connectivity index (χ0v) is 16.5. The molecule has 1 atom stereocenters. The van der Waals surface area contributed by atoms with E-state index in [1.807, 2.05) is 78.6 Å². The molecule has 0 aliphatic heterocycles. The molecule has 1 aliphatic rings. The first-order chi connectivity index (χ1) is 14.2. The number of hydrogen-bond donors (Lipinski definition) is 0. The number of furan rings is 1. The molecule has 150 valence electrons. The van der Waals surface area contributed by atoms with Crippen LogP contribution in [0.3, 0.4) is 0 Å². The third kappa shape index (κ3) is 4.99. The van der Waals surface area contributed by atoms with Crippen LogP contribution >= 0.6 is 0 Å². The summed E-state index contributed by atoms with van der Waals surface area (Å²) in [4.78, 5) is 14.7. The van der Waals surface area contributed by atoms with Gasteiger partial charge in [-0.05, 0) is 61.7 Å². The second-order valence-corrected chi connectivity index (χ2v) is 7.26. The molecule has 5 heteroatoms. The molecule has 0 spiro atoms. The van der Waals surface area contributed by atoms with Crippen LogP contribution in [0.4, 0.5) is 0 Å². The van der Waals surface area contributed by atoms with E-state index in [1.54, 1.807) is 6.26 Å². The van der Waals surface area contributed by atoms with Crippen molar-refractivity contribution < 1.29 is 18.7 Å². The highest BCUT2D eigenvalue weighted by atomic mass is 16.5. The van der Waals surface area contributed by atoms with Gasteiger partial charge in [0.1, 0.15) is 23.9 Å². The summed E-state index contributed by atoms with van der Waals surface area (Å²) in [5.41, 5.74) is 1.12. The summed E-state index contributed by atoms with van der Waals surface area (Å²) in [6, 6.07) is 21.3.